The van der Waals surface area contributed by atoms with Gasteiger partial charge in [0.05, 0.1) is 11.3 Å². The largest absolute Gasteiger partial charge is 0.383 e. The third-order valence-electron chi connectivity index (χ3n) is 6.93. The van der Waals surface area contributed by atoms with Crippen LogP contribution in [-0.2, 0) is 6.54 Å². The monoisotopic (exact) mass is 477 g/mol. The minimum absolute atomic E-state index is 0.455. The van der Waals surface area contributed by atoms with Crippen LogP contribution in [-0.4, -0.2) is 50.1 Å². The van der Waals surface area contributed by atoms with Crippen molar-refractivity contribution in [2.45, 2.75) is 32.4 Å². The molecule has 4 aromatic rings. The van der Waals surface area contributed by atoms with Crippen molar-refractivity contribution in [1.82, 2.24) is 29.7 Å². The van der Waals surface area contributed by atoms with Gasteiger partial charge in [-0.05, 0) is 67.3 Å². The molecule has 1 unspecified atom stereocenters. The number of nitrogens with two attached hydrogens (primary N) is 1. The smallest absolute Gasteiger partial charge is 0.165 e. The number of hydrogen-bond acceptors (Lipinski definition) is 6. The highest BCUT2D eigenvalue weighted by molar-refractivity contribution is 5.85. The van der Waals surface area contributed by atoms with Gasteiger partial charge < -0.3 is 11.1 Å². The quantitative estimate of drug-likeness (QED) is 0.437. The lowest BCUT2D eigenvalue weighted by Gasteiger charge is -2.31. The molecule has 182 valence electrons. The molecule has 0 amide bonds. The van der Waals surface area contributed by atoms with Crippen LogP contribution >= 0.6 is 0 Å². The average Bonchev–Trinajstić information content (AvgIpc) is 3.28. The van der Waals surface area contributed by atoms with Crippen LogP contribution in [0.2, 0.25) is 0 Å². The second kappa shape index (κ2) is 9.68. The summed E-state index contributed by atoms with van der Waals surface area (Å²) < 4.78 is 2.11. The number of hydrogen-bond donors (Lipinski definition) is 2. The van der Waals surface area contributed by atoms with E-state index >= 15 is 0 Å². The summed E-state index contributed by atoms with van der Waals surface area (Å²) in [5.74, 6) is 1.20. The molecule has 0 bridgehead atoms. The normalized spacial score (nSPS) is 18.5. The fraction of sp³-hybridized carbons (Fsp3) is 0.276. The van der Waals surface area contributed by atoms with Gasteiger partial charge in [0.25, 0.3) is 0 Å². The first-order valence-electron chi connectivity index (χ1n) is 12.7. The maximum absolute atomic E-state index is 6.29. The molecular formula is C29H31N7. The highest BCUT2D eigenvalue weighted by Crippen LogP contribution is 2.31. The van der Waals surface area contributed by atoms with E-state index in [9.17, 15) is 0 Å². The molecule has 3 aromatic heterocycles. The summed E-state index contributed by atoms with van der Waals surface area (Å²) in [7, 11) is 0. The predicted octanol–water partition coefficient (Wildman–Crippen LogP) is 4.59. The first-order chi connectivity index (χ1) is 17.7. The topological polar surface area (TPSA) is 84.9 Å². The molecule has 0 spiro atoms. The number of nitrogen functional groups attached to an aromatic ring is 1. The molecule has 4 heterocycles. The Bertz CT molecular complexity index is 1450. The lowest BCUT2D eigenvalue weighted by atomic mass is 10.0. The summed E-state index contributed by atoms with van der Waals surface area (Å²) in [4.78, 5) is 16.9. The summed E-state index contributed by atoms with van der Waals surface area (Å²) in [5, 5.41) is 3.51. The molecule has 1 aliphatic carbocycles. The van der Waals surface area contributed by atoms with Gasteiger partial charge in [-0.15, -0.1) is 0 Å². The van der Waals surface area contributed by atoms with Gasteiger partial charge in [0.15, 0.2) is 11.5 Å². The average molecular weight is 478 g/mol. The lowest BCUT2D eigenvalue weighted by molar-refractivity contribution is 0.199. The van der Waals surface area contributed by atoms with Crippen LogP contribution in [0.15, 0.2) is 73.0 Å². The number of anilines is 1. The Morgan fingerprint density at radius 2 is 1.94 bits per heavy atom. The predicted molar refractivity (Wildman–Crippen MR) is 146 cm³/mol. The first-order valence-corrected chi connectivity index (χ1v) is 12.7. The molecule has 2 aliphatic rings. The summed E-state index contributed by atoms with van der Waals surface area (Å²) in [6.07, 6.45) is 10.4. The fourth-order valence-electron chi connectivity index (χ4n) is 5.12. The van der Waals surface area contributed by atoms with Gasteiger partial charge in [0.1, 0.15) is 11.3 Å². The molecule has 1 aliphatic heterocycles. The van der Waals surface area contributed by atoms with Gasteiger partial charge >= 0.3 is 0 Å². The number of allylic oxidation sites excluding steroid dienone is 4. The number of nitrogens with zero attached hydrogens (tertiary/aromatic N) is 5. The van der Waals surface area contributed by atoms with Crippen LogP contribution in [0.3, 0.4) is 0 Å². The van der Waals surface area contributed by atoms with Gasteiger partial charge in [0.2, 0.25) is 0 Å². The van der Waals surface area contributed by atoms with E-state index in [2.05, 4.69) is 75.3 Å². The van der Waals surface area contributed by atoms with Gasteiger partial charge in [-0.1, -0.05) is 30.4 Å². The molecule has 7 nitrogen and oxygen atoms in total. The molecule has 1 saturated heterocycles. The fourth-order valence-corrected chi connectivity index (χ4v) is 5.12. The maximum Gasteiger partial charge on any atom is 0.165 e. The summed E-state index contributed by atoms with van der Waals surface area (Å²) >= 11 is 0. The second-order valence-corrected chi connectivity index (χ2v) is 9.64. The van der Waals surface area contributed by atoms with Gasteiger partial charge in [-0.25, -0.2) is 15.0 Å². The van der Waals surface area contributed by atoms with Crippen LogP contribution in [0.5, 0.6) is 0 Å². The molecule has 1 atom stereocenters. The molecule has 1 aromatic carbocycles. The molecule has 6 rings (SSSR count). The van der Waals surface area contributed by atoms with E-state index in [1.807, 2.05) is 18.2 Å². The van der Waals surface area contributed by atoms with Crippen LogP contribution in [0.4, 0.5) is 5.82 Å². The lowest BCUT2D eigenvalue weighted by Crippen LogP contribution is -2.48. The van der Waals surface area contributed by atoms with Gasteiger partial charge in [-0.2, -0.15) is 0 Å². The van der Waals surface area contributed by atoms with E-state index in [4.69, 9.17) is 15.7 Å². The molecule has 7 heteroatoms. The Balaban J connectivity index is 1.43. The summed E-state index contributed by atoms with van der Waals surface area (Å²) in [6, 6.07) is 17.2. The maximum atomic E-state index is 6.29. The number of nitrogens with one attached hydrogen (secondary N) is 1. The van der Waals surface area contributed by atoms with Gasteiger partial charge in [-0.3, -0.25) is 9.47 Å². The number of fused-ring (bicyclic) bond motifs is 1. The Hall–Kier alpha value is -3.81. The van der Waals surface area contributed by atoms with Crippen LogP contribution in [0.1, 0.15) is 31.0 Å². The Labute approximate surface area is 211 Å². The molecule has 0 saturated carbocycles. The molecule has 0 radical (unpaired) electrons. The van der Waals surface area contributed by atoms with Crippen molar-refractivity contribution in [3.8, 4) is 17.1 Å². The third-order valence-corrected chi connectivity index (χ3v) is 6.93. The van der Waals surface area contributed by atoms with E-state index in [1.165, 1.54) is 5.56 Å². The minimum atomic E-state index is 0.455. The number of rotatable bonds is 5. The Morgan fingerprint density at radius 3 is 2.72 bits per heavy atom. The number of imidazole rings is 1. The van der Waals surface area contributed by atoms with Crippen LogP contribution in [0.25, 0.3) is 33.8 Å². The van der Waals surface area contributed by atoms with Crippen molar-refractivity contribution in [1.29, 1.82) is 0 Å². The summed E-state index contributed by atoms with van der Waals surface area (Å²) in [5.41, 5.74) is 13.1. The standard InChI is InChI=1S/C29H31N7/c1-20-18-35(17-16-31-20)19-21-9-11-23(12-10-21)36-28(24-8-5-15-32-27(24)30)34-26-14-13-25(33-29(26)36)22-6-3-2-4-7-22/h3,5-15,20,31H,2,4,16-19H2,1H3,(H2,30,32). The van der Waals surface area contributed by atoms with Crippen molar-refractivity contribution in [3.05, 3.63) is 84.2 Å². The van der Waals surface area contributed by atoms with Crippen molar-refractivity contribution >= 4 is 22.6 Å². The highest BCUT2D eigenvalue weighted by atomic mass is 15.2. The third kappa shape index (κ3) is 4.43. The van der Waals surface area contributed by atoms with Crippen molar-refractivity contribution < 1.29 is 0 Å². The zero-order valence-electron chi connectivity index (χ0n) is 20.6. The SMILES string of the molecule is CC1CN(Cc2ccc(-n3c(-c4cccnc4N)nc4ccc(C5=CCCC=C5)nc43)cc2)CCN1. The Kier molecular flexibility index (Phi) is 6.09. The van der Waals surface area contributed by atoms with E-state index in [1.54, 1.807) is 6.20 Å². The number of aromatic nitrogens is 4. The van der Waals surface area contributed by atoms with Crippen LogP contribution in [0, 0.1) is 0 Å². The van der Waals surface area contributed by atoms with E-state index in [0.717, 1.165) is 78.5 Å². The zero-order valence-corrected chi connectivity index (χ0v) is 20.6. The molecular weight excluding hydrogens is 446 g/mol. The zero-order chi connectivity index (χ0) is 24.5. The van der Waals surface area contributed by atoms with Crippen molar-refractivity contribution in [2.24, 2.45) is 0 Å². The minimum Gasteiger partial charge on any atom is -0.383 e. The van der Waals surface area contributed by atoms with E-state index in [0.29, 0.717) is 11.9 Å². The summed E-state index contributed by atoms with van der Waals surface area (Å²) in [6.45, 7) is 6.36. The molecule has 36 heavy (non-hydrogen) atoms. The van der Waals surface area contributed by atoms with E-state index in [-0.39, 0.29) is 0 Å². The number of benzene rings is 1. The van der Waals surface area contributed by atoms with E-state index < -0.39 is 0 Å². The Morgan fingerprint density at radius 1 is 1.06 bits per heavy atom. The first kappa shape index (κ1) is 22.6. The van der Waals surface area contributed by atoms with Crippen LogP contribution < -0.4 is 11.1 Å². The second-order valence-electron chi connectivity index (χ2n) is 9.64. The van der Waals surface area contributed by atoms with Gasteiger partial charge in [0, 0.05) is 44.1 Å². The molecule has 3 N–H and O–H groups in total. The van der Waals surface area contributed by atoms with Crippen molar-refractivity contribution in [2.75, 3.05) is 25.4 Å². The van der Waals surface area contributed by atoms with Crippen molar-refractivity contribution in [3.63, 3.8) is 0 Å². The number of pyridine rings is 2. The molecule has 1 fully saturated rings. The number of piperazine rings is 1. The highest BCUT2D eigenvalue weighted by Gasteiger charge is 2.20.